The molecular weight excluding hydrogens is 775 g/mol. The lowest BCUT2D eigenvalue weighted by molar-refractivity contribution is -0.133. The number of aromatic nitrogens is 2. The van der Waals surface area contributed by atoms with Gasteiger partial charge in [0.25, 0.3) is 5.91 Å². The van der Waals surface area contributed by atoms with Crippen LogP contribution < -0.4 is 21.3 Å². The van der Waals surface area contributed by atoms with Gasteiger partial charge in [-0.15, -0.1) is 0 Å². The third kappa shape index (κ3) is 11.9. The van der Waals surface area contributed by atoms with Crippen LogP contribution in [0.15, 0.2) is 84.4 Å². The van der Waals surface area contributed by atoms with E-state index in [1.54, 1.807) is 70.0 Å². The summed E-state index contributed by atoms with van der Waals surface area (Å²) in [5.41, 5.74) is 5.42. The van der Waals surface area contributed by atoms with Gasteiger partial charge in [0.15, 0.2) is 0 Å². The van der Waals surface area contributed by atoms with Crippen LogP contribution in [0.2, 0.25) is 0 Å². The second-order valence-corrected chi connectivity index (χ2v) is 17.0. The first-order valence-electron chi connectivity index (χ1n) is 21.0. The van der Waals surface area contributed by atoms with Crippen molar-refractivity contribution in [2.75, 3.05) is 18.4 Å². The van der Waals surface area contributed by atoms with Gasteiger partial charge in [-0.05, 0) is 99.0 Å². The number of pyridine rings is 2. The van der Waals surface area contributed by atoms with E-state index >= 15 is 0 Å². The van der Waals surface area contributed by atoms with E-state index in [2.05, 4.69) is 31.2 Å². The minimum atomic E-state index is -0.866. The van der Waals surface area contributed by atoms with E-state index in [0.29, 0.717) is 51.1 Å². The highest BCUT2D eigenvalue weighted by molar-refractivity contribution is 6.06. The summed E-state index contributed by atoms with van der Waals surface area (Å²) in [6, 6.07) is 17.5. The van der Waals surface area contributed by atoms with Gasteiger partial charge in [-0.2, -0.15) is 5.10 Å². The largest absolute Gasteiger partial charge is 0.444 e. The average Bonchev–Trinajstić information content (AvgIpc) is 3.67. The van der Waals surface area contributed by atoms with Crippen molar-refractivity contribution in [3.05, 3.63) is 102 Å². The molecule has 6 rings (SSSR count). The summed E-state index contributed by atoms with van der Waals surface area (Å²) in [5, 5.41) is 18.6. The Morgan fingerprint density at radius 2 is 1.62 bits per heavy atom. The first kappa shape index (κ1) is 44.2. The van der Waals surface area contributed by atoms with Crippen LogP contribution in [0, 0.1) is 5.92 Å². The van der Waals surface area contributed by atoms with Crippen LogP contribution in [0.4, 0.5) is 15.3 Å². The summed E-state index contributed by atoms with van der Waals surface area (Å²) in [7, 11) is 0. The molecule has 3 unspecified atom stereocenters. The number of amides is 6. The third-order valence-electron chi connectivity index (χ3n) is 10.7. The zero-order chi connectivity index (χ0) is 43.7. The van der Waals surface area contributed by atoms with Gasteiger partial charge in [0.05, 0.1) is 17.1 Å². The molecule has 0 bridgehead atoms. The predicted octanol–water partition coefficient (Wildman–Crippen LogP) is 6.63. The Kier molecular flexibility index (Phi) is 14.3. The number of nitrogens with one attached hydrogen (secondary N) is 4. The van der Waals surface area contributed by atoms with Gasteiger partial charge in [0.1, 0.15) is 17.7 Å². The molecule has 0 radical (unpaired) electrons. The molecule has 0 fully saturated rings. The number of hydrogen-bond donors (Lipinski definition) is 4. The van der Waals surface area contributed by atoms with E-state index in [1.807, 2.05) is 60.7 Å². The molecule has 0 saturated heterocycles. The lowest BCUT2D eigenvalue weighted by atomic mass is 9.88. The summed E-state index contributed by atoms with van der Waals surface area (Å²) in [6.45, 7) is 12.3. The molecule has 4 N–H and O–H groups in total. The Morgan fingerprint density at radius 1 is 0.869 bits per heavy atom. The number of hydrogen-bond acceptors (Lipinski definition) is 9. The Balaban J connectivity index is 1.01. The minimum Gasteiger partial charge on any atom is -0.444 e. The zero-order valence-electron chi connectivity index (χ0n) is 35.9. The molecular formula is C46H57N9O6. The summed E-state index contributed by atoms with van der Waals surface area (Å²) in [5.74, 6) is -1.55. The van der Waals surface area contributed by atoms with Crippen molar-refractivity contribution in [2.24, 2.45) is 11.0 Å². The number of benzene rings is 2. The number of nitrogens with zero attached hydrogens (tertiary/aromatic N) is 5. The number of rotatable bonds is 15. The predicted molar refractivity (Wildman–Crippen MR) is 233 cm³/mol. The lowest BCUT2D eigenvalue weighted by Gasteiger charge is -2.30. The molecule has 15 nitrogen and oxygen atoms in total. The van der Waals surface area contributed by atoms with Crippen molar-refractivity contribution >= 4 is 52.1 Å². The fraction of sp³-hybridized carbons (Fsp3) is 0.435. The van der Waals surface area contributed by atoms with E-state index < -0.39 is 35.6 Å². The Labute approximate surface area is 357 Å². The van der Waals surface area contributed by atoms with Gasteiger partial charge in [0.2, 0.25) is 11.8 Å². The molecule has 15 heteroatoms. The van der Waals surface area contributed by atoms with E-state index in [4.69, 9.17) is 9.84 Å². The van der Waals surface area contributed by atoms with Crippen LogP contribution >= 0.6 is 0 Å². The maximum atomic E-state index is 14.0. The molecule has 4 heterocycles. The number of ether oxygens (including phenoxy) is 1. The second-order valence-electron chi connectivity index (χ2n) is 17.0. The van der Waals surface area contributed by atoms with Gasteiger partial charge in [-0.1, -0.05) is 57.0 Å². The fourth-order valence-corrected chi connectivity index (χ4v) is 7.35. The average molecular weight is 832 g/mol. The van der Waals surface area contributed by atoms with Crippen LogP contribution in [0.5, 0.6) is 0 Å². The molecule has 61 heavy (non-hydrogen) atoms. The number of unbranched alkanes of at least 4 members (excludes halogenated alkanes) is 3. The zero-order valence-corrected chi connectivity index (χ0v) is 35.9. The maximum absolute atomic E-state index is 14.0. The highest BCUT2D eigenvalue weighted by atomic mass is 16.6. The number of alkyl carbamates (subject to hydrolysis) is 1. The maximum Gasteiger partial charge on any atom is 0.408 e. The summed E-state index contributed by atoms with van der Waals surface area (Å²) >= 11 is 0. The van der Waals surface area contributed by atoms with Crippen LogP contribution in [-0.4, -0.2) is 86.2 Å². The van der Waals surface area contributed by atoms with E-state index in [9.17, 15) is 24.0 Å². The molecule has 6 amide bonds. The first-order valence-corrected chi connectivity index (χ1v) is 21.0. The number of anilines is 1. The molecule has 2 aromatic heterocycles. The van der Waals surface area contributed by atoms with Gasteiger partial charge < -0.3 is 30.9 Å². The van der Waals surface area contributed by atoms with Crippen molar-refractivity contribution in [3.8, 4) is 0 Å². The van der Waals surface area contributed by atoms with Gasteiger partial charge in [-0.25, -0.2) is 14.6 Å². The van der Waals surface area contributed by atoms with Crippen molar-refractivity contribution in [1.82, 2.24) is 35.8 Å². The first-order chi connectivity index (χ1) is 29.1. The number of urea groups is 1. The molecule has 2 aliphatic rings. The van der Waals surface area contributed by atoms with Crippen LogP contribution in [0.3, 0.4) is 0 Å². The quantitative estimate of drug-likeness (QED) is 0.0962. The van der Waals surface area contributed by atoms with E-state index in [0.717, 1.165) is 51.7 Å². The van der Waals surface area contributed by atoms with E-state index in [-0.39, 0.29) is 23.8 Å². The number of fused-ring (bicyclic) bond motifs is 2. The fourth-order valence-electron chi connectivity index (χ4n) is 7.35. The second kappa shape index (κ2) is 19.8. The van der Waals surface area contributed by atoms with E-state index in [1.165, 1.54) is 0 Å². The molecule has 322 valence electrons. The van der Waals surface area contributed by atoms with Gasteiger partial charge >= 0.3 is 12.1 Å². The minimum absolute atomic E-state index is 0.0750. The number of hydrazone groups is 1. The summed E-state index contributed by atoms with van der Waals surface area (Å²) < 4.78 is 5.30. The summed E-state index contributed by atoms with van der Waals surface area (Å²) in [4.78, 5) is 75.6. The molecule has 0 spiro atoms. The van der Waals surface area contributed by atoms with Crippen molar-refractivity contribution < 1.29 is 28.7 Å². The third-order valence-corrected chi connectivity index (χ3v) is 10.7. The highest BCUT2D eigenvalue weighted by Gasteiger charge is 2.33. The lowest BCUT2D eigenvalue weighted by Crippen LogP contribution is -2.55. The molecule has 3 atom stereocenters. The Morgan fingerprint density at radius 3 is 2.36 bits per heavy atom. The van der Waals surface area contributed by atoms with Crippen LogP contribution in [0.1, 0.15) is 102 Å². The highest BCUT2D eigenvalue weighted by Crippen LogP contribution is 2.32. The molecule has 0 aliphatic carbocycles. The number of carbonyl (C=O) groups excluding carboxylic acids is 5. The van der Waals surface area contributed by atoms with Crippen molar-refractivity contribution in [2.45, 2.75) is 110 Å². The molecule has 4 aromatic rings. The monoisotopic (exact) mass is 831 g/mol. The van der Waals surface area contributed by atoms with Crippen LogP contribution in [0.25, 0.3) is 10.9 Å². The Hall–Kier alpha value is -6.38. The molecule has 0 saturated carbocycles. The van der Waals surface area contributed by atoms with Crippen molar-refractivity contribution in [3.63, 3.8) is 0 Å². The smallest absolute Gasteiger partial charge is 0.408 e. The normalized spacial score (nSPS) is 16.1. The molecule has 2 aliphatic heterocycles. The van der Waals surface area contributed by atoms with Crippen LogP contribution in [-0.2, 0) is 32.2 Å². The Bertz CT molecular complexity index is 2230. The standard InChI is InChI=1S/C46H57N9O6/c1-29(2)40(52-45(60)61-46(4,5)6)42(57)50-30(3)41(56)49-20-9-7-8-10-23-55-43(58)37(33-14-13-31-12-11-21-48-38(31)24-33)25-39(53-55)32-15-17-36(18-16-32)51-44(59)54-27-34-19-22-47-26-35(34)28-54/h11-19,21-22,24,26,29-30,37,40H,7-10,20,23,25,27-28H2,1-6H3,(H,49,56)(H,50,57)(H,51,59)(H,52,60). The number of carbonyl (C=O) groups is 5. The topological polar surface area (TPSA) is 187 Å². The molecule has 2 aromatic carbocycles. The summed E-state index contributed by atoms with van der Waals surface area (Å²) in [6.07, 6.45) is 8.02. The van der Waals surface area contributed by atoms with Gasteiger partial charge in [-0.3, -0.25) is 24.4 Å². The van der Waals surface area contributed by atoms with Gasteiger partial charge in [0, 0.05) is 62.3 Å². The van der Waals surface area contributed by atoms with Crippen molar-refractivity contribution in [1.29, 1.82) is 0 Å². The SMILES string of the molecule is CC(NC(=O)C(NC(=O)OC(C)(C)C)C(C)C)C(=O)NCCCCCCN1N=C(c2ccc(NC(=O)N3Cc4ccncc4C3)cc2)CC(c2ccc3cccnc3c2)C1=O.